The van der Waals surface area contributed by atoms with Gasteiger partial charge in [0.05, 0.1) is 6.26 Å². The normalized spacial score (nSPS) is 12.9. The lowest BCUT2D eigenvalue weighted by atomic mass is 10.4. The van der Waals surface area contributed by atoms with E-state index in [1.807, 2.05) is 0 Å². The third-order valence-electron chi connectivity index (χ3n) is 2.34. The van der Waals surface area contributed by atoms with E-state index < -0.39 is 21.6 Å². The molecule has 0 saturated carbocycles. The predicted molar refractivity (Wildman–Crippen MR) is 74.0 cm³/mol. The van der Waals surface area contributed by atoms with Gasteiger partial charge in [-0.1, -0.05) is 34.8 Å². The minimum atomic E-state index is -1.95. The van der Waals surface area contributed by atoms with E-state index in [1.165, 1.54) is 36.9 Å². The van der Waals surface area contributed by atoms with E-state index >= 15 is 0 Å². The number of nitrogens with one attached hydrogen (secondary N) is 1. The molecule has 2 aromatic rings. The monoisotopic (exact) mass is 335 g/mol. The molecule has 0 saturated heterocycles. The Morgan fingerprint density at radius 1 is 1.40 bits per heavy atom. The van der Waals surface area contributed by atoms with Crippen LogP contribution in [-0.2, 0) is 0 Å². The zero-order valence-electron chi connectivity index (χ0n) is 9.79. The van der Waals surface area contributed by atoms with Crippen LogP contribution in [0.25, 0.3) is 0 Å². The first-order chi connectivity index (χ1) is 9.39. The van der Waals surface area contributed by atoms with Gasteiger partial charge in [0.25, 0.3) is 5.91 Å². The van der Waals surface area contributed by atoms with Gasteiger partial charge in [-0.2, -0.15) is 0 Å². The molecule has 20 heavy (non-hydrogen) atoms. The first-order valence-electron chi connectivity index (χ1n) is 5.34. The summed E-state index contributed by atoms with van der Waals surface area (Å²) < 4.78 is 3.99. The van der Waals surface area contributed by atoms with Crippen LogP contribution in [-0.4, -0.2) is 19.3 Å². The number of nitrogens with zero attached hydrogens (tertiary/aromatic N) is 2. The van der Waals surface area contributed by atoms with E-state index in [9.17, 15) is 9.59 Å². The molecular formula is C11H8Cl3N3O3. The summed E-state index contributed by atoms with van der Waals surface area (Å²) in [6.07, 6.45) is 2.74. The fourth-order valence-corrected chi connectivity index (χ4v) is 1.96. The molecule has 1 atom stereocenters. The molecule has 0 aliphatic rings. The summed E-state index contributed by atoms with van der Waals surface area (Å²) in [4.78, 5) is 27.1. The second-order valence-electron chi connectivity index (χ2n) is 3.70. The average molecular weight is 337 g/mol. The van der Waals surface area contributed by atoms with E-state index in [4.69, 9.17) is 39.2 Å². The van der Waals surface area contributed by atoms with Gasteiger partial charge in [0.1, 0.15) is 0 Å². The van der Waals surface area contributed by atoms with E-state index in [1.54, 1.807) is 0 Å². The van der Waals surface area contributed by atoms with Crippen molar-refractivity contribution < 1.29 is 9.21 Å². The van der Waals surface area contributed by atoms with Crippen LogP contribution in [0, 0.1) is 0 Å². The van der Waals surface area contributed by atoms with Gasteiger partial charge in [0.15, 0.2) is 11.9 Å². The van der Waals surface area contributed by atoms with Gasteiger partial charge >= 0.3 is 5.69 Å². The molecule has 2 rings (SSSR count). The van der Waals surface area contributed by atoms with Crippen molar-refractivity contribution in [3.8, 4) is 0 Å². The van der Waals surface area contributed by atoms with Crippen molar-refractivity contribution in [1.29, 1.82) is 0 Å². The highest BCUT2D eigenvalue weighted by molar-refractivity contribution is 6.67. The minimum absolute atomic E-state index is 0.0289. The second-order valence-corrected chi connectivity index (χ2v) is 6.07. The Bertz CT molecular complexity index is 649. The van der Waals surface area contributed by atoms with Gasteiger partial charge in [0.2, 0.25) is 3.79 Å². The molecule has 0 fully saturated rings. The molecule has 1 amide bonds. The van der Waals surface area contributed by atoms with Gasteiger partial charge in [-0.25, -0.2) is 9.78 Å². The maximum Gasteiger partial charge on any atom is 0.349 e. The molecule has 0 spiro atoms. The lowest BCUT2D eigenvalue weighted by Crippen LogP contribution is -2.44. The first kappa shape index (κ1) is 14.9. The molecule has 9 heteroatoms. The third-order valence-corrected chi connectivity index (χ3v) is 2.96. The second kappa shape index (κ2) is 5.87. The van der Waals surface area contributed by atoms with Crippen molar-refractivity contribution in [3.63, 3.8) is 0 Å². The minimum Gasteiger partial charge on any atom is -0.459 e. The van der Waals surface area contributed by atoms with Gasteiger partial charge in [0, 0.05) is 12.4 Å². The summed E-state index contributed by atoms with van der Waals surface area (Å²) in [6, 6.07) is 4.45. The van der Waals surface area contributed by atoms with E-state index in [0.717, 1.165) is 4.57 Å². The lowest BCUT2D eigenvalue weighted by Gasteiger charge is -2.26. The summed E-state index contributed by atoms with van der Waals surface area (Å²) in [7, 11) is 0. The zero-order valence-corrected chi connectivity index (χ0v) is 12.1. The van der Waals surface area contributed by atoms with Crippen molar-refractivity contribution in [1.82, 2.24) is 14.9 Å². The van der Waals surface area contributed by atoms with Crippen LogP contribution in [0.2, 0.25) is 0 Å². The topological polar surface area (TPSA) is 77.1 Å². The highest BCUT2D eigenvalue weighted by atomic mass is 35.6. The lowest BCUT2D eigenvalue weighted by molar-refractivity contribution is 0.0891. The summed E-state index contributed by atoms with van der Waals surface area (Å²) in [5.41, 5.74) is -0.663. The number of hydrogen-bond acceptors (Lipinski definition) is 4. The number of alkyl halides is 3. The Morgan fingerprint density at radius 2 is 2.15 bits per heavy atom. The first-order valence-corrected chi connectivity index (χ1v) is 6.47. The smallest absolute Gasteiger partial charge is 0.349 e. The largest absolute Gasteiger partial charge is 0.459 e. The number of aromatic nitrogens is 2. The molecule has 106 valence electrons. The fourth-order valence-electron chi connectivity index (χ4n) is 1.48. The summed E-state index contributed by atoms with van der Waals surface area (Å²) in [5.74, 6) is -0.594. The number of carbonyl (C=O) groups is 1. The highest BCUT2D eigenvalue weighted by Crippen LogP contribution is 2.36. The quantitative estimate of drug-likeness (QED) is 0.871. The summed E-state index contributed by atoms with van der Waals surface area (Å²) in [5, 5.41) is 2.41. The van der Waals surface area contributed by atoms with Gasteiger partial charge in [-0.05, 0) is 18.2 Å². The highest BCUT2D eigenvalue weighted by Gasteiger charge is 2.36. The van der Waals surface area contributed by atoms with E-state index in [0.29, 0.717) is 0 Å². The van der Waals surface area contributed by atoms with Crippen molar-refractivity contribution in [2.45, 2.75) is 9.96 Å². The molecule has 0 radical (unpaired) electrons. The summed E-state index contributed by atoms with van der Waals surface area (Å²) in [6.45, 7) is 0. The molecule has 0 aromatic carbocycles. The van der Waals surface area contributed by atoms with Crippen LogP contribution in [0.3, 0.4) is 0 Å². The molecular weight excluding hydrogens is 328 g/mol. The summed E-state index contributed by atoms with van der Waals surface area (Å²) >= 11 is 17.4. The maximum atomic E-state index is 11.9. The number of rotatable bonds is 3. The molecule has 2 aromatic heterocycles. The number of hydrogen-bond donors (Lipinski definition) is 1. The Balaban J connectivity index is 2.33. The Hall–Kier alpha value is -1.50. The Morgan fingerprint density at radius 3 is 2.70 bits per heavy atom. The predicted octanol–water partition coefficient (Wildman–Crippen LogP) is 2.14. The standard InChI is InChI=1S/C11H8Cl3N3O3/c12-11(13,14)9(17-5-2-4-15-10(17)19)16-8(18)7-3-1-6-20-7/h1-6,9H,(H,16,18)/t9-/m1/s1. The van der Waals surface area contributed by atoms with Gasteiger partial charge in [-0.15, -0.1) is 0 Å². The molecule has 0 aliphatic heterocycles. The number of amides is 1. The van der Waals surface area contributed by atoms with Crippen LogP contribution in [0.5, 0.6) is 0 Å². The van der Waals surface area contributed by atoms with Crippen LogP contribution in [0.4, 0.5) is 0 Å². The van der Waals surface area contributed by atoms with Crippen LogP contribution >= 0.6 is 34.8 Å². The number of halogens is 3. The molecule has 2 heterocycles. The molecule has 0 unspecified atom stereocenters. The number of furan rings is 1. The van der Waals surface area contributed by atoms with Crippen LogP contribution in [0.1, 0.15) is 16.7 Å². The van der Waals surface area contributed by atoms with Crippen LogP contribution in [0.15, 0.2) is 46.1 Å². The van der Waals surface area contributed by atoms with Gasteiger partial charge in [-0.3, -0.25) is 9.36 Å². The average Bonchev–Trinajstić information content (AvgIpc) is 2.89. The molecule has 0 bridgehead atoms. The van der Waals surface area contributed by atoms with Crippen molar-refractivity contribution >= 4 is 40.7 Å². The Labute approximate surface area is 128 Å². The van der Waals surface area contributed by atoms with Crippen molar-refractivity contribution in [3.05, 3.63) is 53.1 Å². The molecule has 0 aliphatic carbocycles. The van der Waals surface area contributed by atoms with Crippen molar-refractivity contribution in [2.24, 2.45) is 0 Å². The van der Waals surface area contributed by atoms with E-state index in [2.05, 4.69) is 10.3 Å². The van der Waals surface area contributed by atoms with Crippen LogP contribution < -0.4 is 11.0 Å². The molecule has 6 nitrogen and oxygen atoms in total. The van der Waals surface area contributed by atoms with Crippen molar-refractivity contribution in [2.75, 3.05) is 0 Å². The third kappa shape index (κ3) is 3.33. The Kier molecular flexibility index (Phi) is 4.37. The zero-order chi connectivity index (χ0) is 14.8. The maximum absolute atomic E-state index is 11.9. The van der Waals surface area contributed by atoms with E-state index in [-0.39, 0.29) is 5.76 Å². The SMILES string of the molecule is O=C(N[C@H](n1cccnc1=O)C(Cl)(Cl)Cl)c1ccco1. The fraction of sp³-hybridized carbons (Fsp3) is 0.182. The van der Waals surface area contributed by atoms with Gasteiger partial charge < -0.3 is 9.73 Å². The molecule has 1 N–H and O–H groups in total. The number of carbonyl (C=O) groups excluding carboxylic acids is 1.